The van der Waals surface area contributed by atoms with E-state index in [1.807, 2.05) is 12.1 Å². The van der Waals surface area contributed by atoms with Crippen molar-refractivity contribution < 1.29 is 4.74 Å². The van der Waals surface area contributed by atoms with E-state index in [9.17, 15) is 0 Å². The molecule has 1 aliphatic carbocycles. The number of para-hydroxylation sites is 1. The average Bonchev–Trinajstić information content (AvgIpc) is 3.28. The smallest absolute Gasteiger partial charge is 0.147 e. The van der Waals surface area contributed by atoms with E-state index in [1.54, 1.807) is 7.11 Å². The van der Waals surface area contributed by atoms with Gasteiger partial charge in [0.25, 0.3) is 0 Å². The van der Waals surface area contributed by atoms with E-state index in [1.165, 1.54) is 24.2 Å². The Morgan fingerprint density at radius 1 is 1.19 bits per heavy atom. The van der Waals surface area contributed by atoms with Crippen LogP contribution in [0.25, 0.3) is 0 Å². The minimum Gasteiger partial charge on any atom is -0.496 e. The van der Waals surface area contributed by atoms with E-state index in [0.29, 0.717) is 5.92 Å². The van der Waals surface area contributed by atoms with Crippen LogP contribution in [0.2, 0.25) is 0 Å². The Morgan fingerprint density at radius 2 is 2.05 bits per heavy atom. The van der Waals surface area contributed by atoms with Crippen LogP contribution >= 0.6 is 0 Å². The lowest BCUT2D eigenvalue weighted by molar-refractivity contribution is 0.204. The first-order valence-corrected chi connectivity index (χ1v) is 7.61. The largest absolute Gasteiger partial charge is 0.496 e. The number of rotatable bonds is 4. The van der Waals surface area contributed by atoms with Crippen LogP contribution in [0.5, 0.6) is 5.75 Å². The summed E-state index contributed by atoms with van der Waals surface area (Å²) in [5, 5.41) is 8.79. The van der Waals surface area contributed by atoms with Crippen LogP contribution in [0.1, 0.15) is 36.0 Å². The molecule has 1 aromatic carbocycles. The highest BCUT2D eigenvalue weighted by atomic mass is 16.5. The first kappa shape index (κ1) is 12.8. The van der Waals surface area contributed by atoms with Crippen molar-refractivity contribution in [3.05, 3.63) is 41.5 Å². The summed E-state index contributed by atoms with van der Waals surface area (Å²) in [6, 6.07) is 8.23. The molecule has 5 nitrogen and oxygen atoms in total. The number of hydrogen-bond donors (Lipinski definition) is 0. The number of fused-ring (bicyclic) bond motifs is 1. The molecule has 1 saturated carbocycles. The summed E-state index contributed by atoms with van der Waals surface area (Å²) in [4.78, 5) is 2.42. The van der Waals surface area contributed by atoms with Crippen LogP contribution in [0.15, 0.2) is 24.3 Å². The molecule has 0 spiro atoms. The van der Waals surface area contributed by atoms with Gasteiger partial charge in [-0.15, -0.1) is 10.2 Å². The fraction of sp³-hybridized carbons (Fsp3) is 0.500. The molecule has 1 aliphatic heterocycles. The lowest BCUT2D eigenvalue weighted by Gasteiger charge is -2.28. The molecule has 0 saturated heterocycles. The van der Waals surface area contributed by atoms with Gasteiger partial charge in [0.05, 0.1) is 13.7 Å². The molecule has 0 amide bonds. The molecule has 110 valence electrons. The Bertz CT molecular complexity index is 647. The average molecular weight is 284 g/mol. The highest BCUT2D eigenvalue weighted by Gasteiger charge is 2.32. The summed E-state index contributed by atoms with van der Waals surface area (Å²) in [5.41, 5.74) is 1.23. The van der Waals surface area contributed by atoms with Crippen molar-refractivity contribution in [1.82, 2.24) is 19.7 Å². The Kier molecular flexibility index (Phi) is 3.15. The van der Waals surface area contributed by atoms with Crippen LogP contribution in [-0.4, -0.2) is 33.3 Å². The van der Waals surface area contributed by atoms with Crippen molar-refractivity contribution in [2.75, 3.05) is 13.7 Å². The Morgan fingerprint density at radius 3 is 2.86 bits per heavy atom. The van der Waals surface area contributed by atoms with E-state index < -0.39 is 0 Å². The van der Waals surface area contributed by atoms with Crippen LogP contribution in [0.3, 0.4) is 0 Å². The molecule has 2 aliphatic rings. The Labute approximate surface area is 124 Å². The number of aromatic nitrogens is 3. The first-order valence-electron chi connectivity index (χ1n) is 7.61. The normalized spacial score (nSPS) is 18.5. The topological polar surface area (TPSA) is 43.2 Å². The number of hydrogen-bond acceptors (Lipinski definition) is 4. The fourth-order valence-electron chi connectivity index (χ4n) is 3.08. The molecule has 1 fully saturated rings. The molecule has 0 N–H and O–H groups in total. The SMILES string of the molecule is COc1ccccc1CN1CCn2c(nnc2C2CC2)C1. The second-order valence-electron chi connectivity index (χ2n) is 5.92. The number of ether oxygens (including phenoxy) is 1. The molecule has 1 aromatic heterocycles. The van der Waals surface area contributed by atoms with Crippen molar-refractivity contribution in [2.24, 2.45) is 0 Å². The highest BCUT2D eigenvalue weighted by molar-refractivity contribution is 5.33. The van der Waals surface area contributed by atoms with E-state index >= 15 is 0 Å². The van der Waals surface area contributed by atoms with E-state index in [-0.39, 0.29) is 0 Å². The zero-order valence-corrected chi connectivity index (χ0v) is 12.3. The van der Waals surface area contributed by atoms with E-state index in [4.69, 9.17) is 4.74 Å². The third-order valence-electron chi connectivity index (χ3n) is 4.39. The molecular weight excluding hydrogens is 264 g/mol. The molecule has 4 rings (SSSR count). The quantitative estimate of drug-likeness (QED) is 0.863. The van der Waals surface area contributed by atoms with Gasteiger partial charge in [-0.2, -0.15) is 0 Å². The van der Waals surface area contributed by atoms with Crippen molar-refractivity contribution in [3.8, 4) is 5.75 Å². The molecule has 0 radical (unpaired) electrons. The van der Waals surface area contributed by atoms with Crippen molar-refractivity contribution in [1.29, 1.82) is 0 Å². The minimum atomic E-state index is 0.673. The zero-order chi connectivity index (χ0) is 14.2. The van der Waals surface area contributed by atoms with Gasteiger partial charge in [0.15, 0.2) is 0 Å². The summed E-state index contributed by atoms with van der Waals surface area (Å²) in [6.45, 7) is 3.82. The van der Waals surface area contributed by atoms with Gasteiger partial charge in [-0.3, -0.25) is 4.90 Å². The predicted octanol–water partition coefficient (Wildman–Crippen LogP) is 2.18. The Hall–Kier alpha value is -1.88. The second kappa shape index (κ2) is 5.15. The summed E-state index contributed by atoms with van der Waals surface area (Å²) in [7, 11) is 1.73. The predicted molar refractivity (Wildman–Crippen MR) is 79.1 cm³/mol. The highest BCUT2D eigenvalue weighted by Crippen LogP contribution is 2.39. The van der Waals surface area contributed by atoms with Gasteiger partial charge in [-0.05, 0) is 18.9 Å². The minimum absolute atomic E-state index is 0.673. The molecular formula is C16H20N4O. The van der Waals surface area contributed by atoms with Crippen molar-refractivity contribution in [2.45, 2.75) is 38.4 Å². The third kappa shape index (κ3) is 2.42. The van der Waals surface area contributed by atoms with Gasteiger partial charge in [0.1, 0.15) is 17.4 Å². The molecule has 0 atom stereocenters. The van der Waals surface area contributed by atoms with Gasteiger partial charge >= 0.3 is 0 Å². The van der Waals surface area contributed by atoms with Crippen LogP contribution in [-0.2, 0) is 19.6 Å². The van der Waals surface area contributed by atoms with Crippen LogP contribution in [0.4, 0.5) is 0 Å². The molecule has 2 heterocycles. The lowest BCUT2D eigenvalue weighted by atomic mass is 10.1. The summed E-state index contributed by atoms with van der Waals surface area (Å²) in [6.07, 6.45) is 2.56. The van der Waals surface area contributed by atoms with Crippen LogP contribution in [0, 0.1) is 0 Å². The summed E-state index contributed by atoms with van der Waals surface area (Å²) in [5.74, 6) is 3.95. The third-order valence-corrected chi connectivity index (χ3v) is 4.39. The number of methoxy groups -OCH3 is 1. The maximum atomic E-state index is 5.44. The molecule has 0 bridgehead atoms. The summed E-state index contributed by atoms with van der Waals surface area (Å²) >= 11 is 0. The van der Waals surface area contributed by atoms with Gasteiger partial charge in [0.2, 0.25) is 0 Å². The monoisotopic (exact) mass is 284 g/mol. The first-order chi connectivity index (χ1) is 10.3. The van der Waals surface area contributed by atoms with Crippen molar-refractivity contribution >= 4 is 0 Å². The van der Waals surface area contributed by atoms with Gasteiger partial charge in [0, 0.05) is 31.1 Å². The maximum Gasteiger partial charge on any atom is 0.147 e. The zero-order valence-electron chi connectivity index (χ0n) is 12.3. The van der Waals surface area contributed by atoms with Gasteiger partial charge < -0.3 is 9.30 Å². The lowest BCUT2D eigenvalue weighted by Crippen LogP contribution is -2.34. The standard InChI is InChI=1S/C16H20N4O/c1-21-14-5-3-2-4-13(14)10-19-8-9-20-15(11-19)17-18-16(20)12-6-7-12/h2-5,12H,6-11H2,1H3. The number of benzene rings is 1. The fourth-order valence-corrected chi connectivity index (χ4v) is 3.08. The maximum absolute atomic E-state index is 5.44. The van der Waals surface area contributed by atoms with Crippen molar-refractivity contribution in [3.63, 3.8) is 0 Å². The van der Waals surface area contributed by atoms with Gasteiger partial charge in [-0.1, -0.05) is 18.2 Å². The number of nitrogens with zero attached hydrogens (tertiary/aromatic N) is 4. The molecule has 21 heavy (non-hydrogen) atoms. The van der Waals surface area contributed by atoms with E-state index in [2.05, 4.69) is 31.8 Å². The van der Waals surface area contributed by atoms with Crippen LogP contribution < -0.4 is 4.74 Å². The molecule has 0 unspecified atom stereocenters. The van der Waals surface area contributed by atoms with Gasteiger partial charge in [-0.25, -0.2) is 0 Å². The molecule has 2 aromatic rings. The Balaban J connectivity index is 1.50. The summed E-state index contributed by atoms with van der Waals surface area (Å²) < 4.78 is 7.77. The van der Waals surface area contributed by atoms with E-state index in [0.717, 1.165) is 37.8 Å². The second-order valence-corrected chi connectivity index (χ2v) is 5.92. The molecule has 5 heteroatoms.